The molecule has 7 heteroatoms. The Hall–Kier alpha value is -2.12. The van der Waals surface area contributed by atoms with Crippen molar-refractivity contribution in [3.8, 4) is 5.75 Å². The average Bonchev–Trinajstić information content (AvgIpc) is 2.55. The molecule has 0 aliphatic carbocycles. The molecule has 0 aliphatic rings. The van der Waals surface area contributed by atoms with E-state index in [1.165, 1.54) is 13.2 Å². The fourth-order valence-electron chi connectivity index (χ4n) is 2.27. The summed E-state index contributed by atoms with van der Waals surface area (Å²) in [6.07, 6.45) is 3.31. The van der Waals surface area contributed by atoms with Crippen LogP contribution in [0.2, 0.25) is 0 Å². The summed E-state index contributed by atoms with van der Waals surface area (Å²) in [5, 5.41) is 1.63. The van der Waals surface area contributed by atoms with Gasteiger partial charge in [-0.05, 0) is 30.3 Å². The summed E-state index contributed by atoms with van der Waals surface area (Å²) in [6, 6.07) is 12.0. The number of aromatic nitrogens is 1. The van der Waals surface area contributed by atoms with E-state index < -0.39 is 10.0 Å². The van der Waals surface area contributed by atoms with Gasteiger partial charge in [-0.2, -0.15) is 0 Å². The summed E-state index contributed by atoms with van der Waals surface area (Å²) >= 11 is 3.29. The zero-order chi connectivity index (χ0) is 16.4. The first-order valence-corrected chi connectivity index (χ1v) is 8.98. The molecule has 3 rings (SSSR count). The summed E-state index contributed by atoms with van der Waals surface area (Å²) in [6.45, 7) is 0. The molecule has 0 radical (unpaired) electrons. The summed E-state index contributed by atoms with van der Waals surface area (Å²) in [4.78, 5) is 4.11. The molecule has 5 nitrogen and oxygen atoms in total. The molecule has 23 heavy (non-hydrogen) atoms. The van der Waals surface area contributed by atoms with Gasteiger partial charge in [0.15, 0.2) is 0 Å². The summed E-state index contributed by atoms with van der Waals surface area (Å²) in [5.74, 6) is 0.280. The smallest absolute Gasteiger partial charge is 0.265 e. The molecule has 0 fully saturated rings. The van der Waals surface area contributed by atoms with Crippen LogP contribution >= 0.6 is 15.9 Å². The third-order valence-electron chi connectivity index (χ3n) is 3.34. The van der Waals surface area contributed by atoms with Gasteiger partial charge < -0.3 is 4.74 Å². The standard InChI is InChI=1S/C16H13BrN2O3S/c1-22-15-6-5-12(17)9-16(15)23(20,21)19-14-4-2-3-11-10-18-8-7-13(11)14/h2-10,19H,1H3. The predicted molar refractivity (Wildman–Crippen MR) is 93.2 cm³/mol. The molecule has 0 bridgehead atoms. The quantitative estimate of drug-likeness (QED) is 0.732. The van der Waals surface area contributed by atoms with E-state index in [1.54, 1.807) is 42.7 Å². The number of anilines is 1. The van der Waals surface area contributed by atoms with Crippen molar-refractivity contribution in [2.45, 2.75) is 4.90 Å². The number of ether oxygens (including phenoxy) is 1. The van der Waals surface area contributed by atoms with Crippen LogP contribution in [0.3, 0.4) is 0 Å². The number of nitrogens with one attached hydrogen (secondary N) is 1. The van der Waals surface area contributed by atoms with E-state index in [9.17, 15) is 8.42 Å². The van der Waals surface area contributed by atoms with E-state index >= 15 is 0 Å². The van der Waals surface area contributed by atoms with Crippen molar-refractivity contribution >= 4 is 42.4 Å². The molecule has 2 aromatic carbocycles. The van der Waals surface area contributed by atoms with Crippen LogP contribution < -0.4 is 9.46 Å². The zero-order valence-corrected chi connectivity index (χ0v) is 14.6. The number of rotatable bonds is 4. The summed E-state index contributed by atoms with van der Waals surface area (Å²) in [5.41, 5.74) is 0.493. The lowest BCUT2D eigenvalue weighted by Gasteiger charge is -2.13. The molecule has 0 saturated heterocycles. The van der Waals surface area contributed by atoms with Gasteiger partial charge in [-0.3, -0.25) is 9.71 Å². The second-order valence-corrected chi connectivity index (χ2v) is 7.37. The van der Waals surface area contributed by atoms with Crippen molar-refractivity contribution in [3.63, 3.8) is 0 Å². The molecule has 0 unspecified atom stereocenters. The largest absolute Gasteiger partial charge is 0.495 e. The number of hydrogen-bond donors (Lipinski definition) is 1. The monoisotopic (exact) mass is 392 g/mol. The van der Waals surface area contributed by atoms with Crippen molar-refractivity contribution in [3.05, 3.63) is 59.3 Å². The second-order valence-electron chi connectivity index (χ2n) is 4.80. The molecule has 1 N–H and O–H groups in total. The maximum atomic E-state index is 12.7. The molecule has 0 saturated carbocycles. The number of hydrogen-bond acceptors (Lipinski definition) is 4. The number of benzene rings is 2. The topological polar surface area (TPSA) is 68.3 Å². The normalized spacial score (nSPS) is 11.4. The summed E-state index contributed by atoms with van der Waals surface area (Å²) in [7, 11) is -2.36. The highest BCUT2D eigenvalue weighted by Crippen LogP contribution is 2.30. The van der Waals surface area contributed by atoms with E-state index in [4.69, 9.17) is 4.74 Å². The molecule has 0 aliphatic heterocycles. The molecular formula is C16H13BrN2O3S. The van der Waals surface area contributed by atoms with Gasteiger partial charge in [0.1, 0.15) is 10.6 Å². The number of pyridine rings is 1. The Morgan fingerprint density at radius 3 is 2.78 bits per heavy atom. The first-order chi connectivity index (χ1) is 11.0. The summed E-state index contributed by atoms with van der Waals surface area (Å²) < 4.78 is 33.9. The number of fused-ring (bicyclic) bond motifs is 1. The molecule has 1 heterocycles. The SMILES string of the molecule is COc1ccc(Br)cc1S(=O)(=O)Nc1cccc2cnccc12. The number of halogens is 1. The van der Waals surface area contributed by atoms with E-state index in [0.29, 0.717) is 10.2 Å². The van der Waals surface area contributed by atoms with Crippen LogP contribution in [0.5, 0.6) is 5.75 Å². The molecule has 0 atom stereocenters. The third-order valence-corrected chi connectivity index (χ3v) is 5.22. The fraction of sp³-hybridized carbons (Fsp3) is 0.0625. The highest BCUT2D eigenvalue weighted by atomic mass is 79.9. The van der Waals surface area contributed by atoms with E-state index in [-0.39, 0.29) is 10.6 Å². The number of nitrogens with zero attached hydrogens (tertiary/aromatic N) is 1. The molecular weight excluding hydrogens is 380 g/mol. The fourth-order valence-corrected chi connectivity index (χ4v) is 4.06. The van der Waals surface area contributed by atoms with Gasteiger partial charge in [0.05, 0.1) is 12.8 Å². The highest BCUT2D eigenvalue weighted by Gasteiger charge is 2.20. The number of sulfonamides is 1. The van der Waals surface area contributed by atoms with Gasteiger partial charge in [0.25, 0.3) is 10.0 Å². The van der Waals surface area contributed by atoms with Crippen LogP contribution in [0.25, 0.3) is 10.8 Å². The van der Waals surface area contributed by atoms with Crippen molar-refractivity contribution in [1.82, 2.24) is 4.98 Å². The second kappa shape index (κ2) is 6.17. The predicted octanol–water partition coefficient (Wildman–Crippen LogP) is 3.81. The first-order valence-electron chi connectivity index (χ1n) is 6.70. The first kappa shape index (κ1) is 15.8. The lowest BCUT2D eigenvalue weighted by Crippen LogP contribution is -2.14. The van der Waals surface area contributed by atoms with E-state index in [2.05, 4.69) is 25.6 Å². The van der Waals surface area contributed by atoms with Crippen molar-refractivity contribution in [1.29, 1.82) is 0 Å². The zero-order valence-electron chi connectivity index (χ0n) is 12.2. The number of methoxy groups -OCH3 is 1. The van der Waals surface area contributed by atoms with Crippen molar-refractivity contribution in [2.75, 3.05) is 11.8 Å². The van der Waals surface area contributed by atoms with Crippen LogP contribution in [0, 0.1) is 0 Å². The van der Waals surface area contributed by atoms with Crippen molar-refractivity contribution in [2.24, 2.45) is 0 Å². The molecule has 0 spiro atoms. The Kier molecular flexibility index (Phi) is 4.23. The Labute approximate surface area is 142 Å². The Balaban J connectivity index is 2.09. The van der Waals surface area contributed by atoms with Crippen LogP contribution in [-0.2, 0) is 10.0 Å². The van der Waals surface area contributed by atoms with Crippen molar-refractivity contribution < 1.29 is 13.2 Å². The average molecular weight is 393 g/mol. The molecule has 118 valence electrons. The van der Waals surface area contributed by atoms with Gasteiger partial charge in [0.2, 0.25) is 0 Å². The molecule has 1 aromatic heterocycles. The van der Waals surface area contributed by atoms with Crippen LogP contribution in [0.1, 0.15) is 0 Å². The Bertz CT molecular complexity index is 969. The van der Waals surface area contributed by atoms with Crippen LogP contribution in [0.4, 0.5) is 5.69 Å². The third kappa shape index (κ3) is 3.16. The maximum absolute atomic E-state index is 12.7. The van der Waals surface area contributed by atoms with Crippen LogP contribution in [-0.4, -0.2) is 20.5 Å². The molecule has 3 aromatic rings. The lowest BCUT2D eigenvalue weighted by molar-refractivity contribution is 0.403. The molecule has 0 amide bonds. The van der Waals surface area contributed by atoms with Gasteiger partial charge >= 0.3 is 0 Å². The minimum Gasteiger partial charge on any atom is -0.495 e. The Morgan fingerprint density at radius 2 is 2.00 bits per heavy atom. The van der Waals surface area contributed by atoms with Crippen LogP contribution in [0.15, 0.2) is 64.2 Å². The van der Waals surface area contributed by atoms with Gasteiger partial charge in [-0.15, -0.1) is 0 Å². The highest BCUT2D eigenvalue weighted by molar-refractivity contribution is 9.10. The van der Waals surface area contributed by atoms with Gasteiger partial charge in [-0.25, -0.2) is 8.42 Å². The van der Waals surface area contributed by atoms with E-state index in [0.717, 1.165) is 10.8 Å². The minimum absolute atomic E-state index is 0.0698. The maximum Gasteiger partial charge on any atom is 0.265 e. The van der Waals surface area contributed by atoms with Gasteiger partial charge in [0, 0.05) is 27.6 Å². The minimum atomic E-state index is -3.80. The Morgan fingerprint density at radius 1 is 1.17 bits per heavy atom. The van der Waals surface area contributed by atoms with E-state index in [1.807, 2.05) is 6.07 Å². The van der Waals surface area contributed by atoms with Gasteiger partial charge in [-0.1, -0.05) is 28.1 Å². The lowest BCUT2D eigenvalue weighted by atomic mass is 10.1.